The van der Waals surface area contributed by atoms with E-state index in [2.05, 4.69) is 9.71 Å². The lowest BCUT2D eigenvalue weighted by atomic mass is 10.2. The molecule has 21 heavy (non-hydrogen) atoms. The summed E-state index contributed by atoms with van der Waals surface area (Å²) >= 11 is 1.37. The molecule has 0 aliphatic heterocycles. The lowest BCUT2D eigenvalue weighted by Crippen LogP contribution is -2.25. The minimum Gasteiger partial charge on any atom is -0.478 e. The molecule has 0 aliphatic rings. The van der Waals surface area contributed by atoms with Gasteiger partial charge in [0.25, 0.3) is 0 Å². The lowest BCUT2D eigenvalue weighted by Gasteiger charge is -2.05. The Morgan fingerprint density at radius 3 is 2.57 bits per heavy atom. The molecule has 0 radical (unpaired) electrons. The van der Waals surface area contributed by atoms with Gasteiger partial charge >= 0.3 is 5.97 Å². The fourth-order valence-electron chi connectivity index (χ4n) is 1.96. The van der Waals surface area contributed by atoms with Crippen LogP contribution in [0.1, 0.15) is 31.8 Å². The maximum absolute atomic E-state index is 12.3. The molecule has 2 N–H and O–H groups in total. The van der Waals surface area contributed by atoms with Crippen LogP contribution in [0.3, 0.4) is 0 Å². The van der Waals surface area contributed by atoms with E-state index >= 15 is 0 Å². The van der Waals surface area contributed by atoms with E-state index in [-0.39, 0.29) is 28.5 Å². The molecule has 0 spiro atoms. The second-order valence-electron chi connectivity index (χ2n) is 4.39. The van der Waals surface area contributed by atoms with E-state index in [1.165, 1.54) is 25.2 Å². The molecule has 0 bridgehead atoms. The average molecular weight is 330 g/mol. The van der Waals surface area contributed by atoms with Gasteiger partial charge in [0.1, 0.15) is 22.0 Å². The summed E-state index contributed by atoms with van der Waals surface area (Å²) in [5.41, 5.74) is -0.333. The fourth-order valence-corrected chi connectivity index (χ4v) is 4.20. The topological polar surface area (TPSA) is 110 Å². The van der Waals surface area contributed by atoms with Crippen LogP contribution in [0.2, 0.25) is 0 Å². The quantitative estimate of drug-likeness (QED) is 0.865. The van der Waals surface area contributed by atoms with Crippen LogP contribution in [0, 0.1) is 20.8 Å². The number of carboxylic acids is 1. The molecular weight excluding hydrogens is 316 g/mol. The number of hydrogen-bond acceptors (Lipinski definition) is 6. The molecule has 0 aliphatic carbocycles. The maximum Gasteiger partial charge on any atom is 0.340 e. The zero-order chi connectivity index (χ0) is 15.8. The van der Waals surface area contributed by atoms with Crippen molar-refractivity contribution < 1.29 is 22.7 Å². The summed E-state index contributed by atoms with van der Waals surface area (Å²) in [5, 5.41) is 9.98. The number of aryl methyl sites for hydroxylation is 3. The Bertz CT molecular complexity index is 789. The molecule has 7 nitrogen and oxygen atoms in total. The van der Waals surface area contributed by atoms with Crippen molar-refractivity contribution in [1.82, 2.24) is 9.71 Å². The number of hydrogen-bond donors (Lipinski definition) is 2. The van der Waals surface area contributed by atoms with Crippen molar-refractivity contribution in [3.05, 3.63) is 33.2 Å². The maximum atomic E-state index is 12.3. The standard InChI is InChI=1S/C12H14N2O5S2/c1-6-10(12(15)16)11(7(2)19-6)21(17,18)14-5-9-4-13-8(3)20-9/h4,14H,5H2,1-3H3,(H,15,16). The minimum atomic E-state index is -3.98. The first-order chi connectivity index (χ1) is 9.72. The van der Waals surface area contributed by atoms with Crippen LogP contribution in [-0.4, -0.2) is 24.5 Å². The molecule has 2 rings (SSSR count). The predicted molar refractivity (Wildman–Crippen MR) is 76.0 cm³/mol. The summed E-state index contributed by atoms with van der Waals surface area (Å²) in [6, 6.07) is 0. The molecule has 0 aromatic carbocycles. The molecule has 0 atom stereocenters. The van der Waals surface area contributed by atoms with Gasteiger partial charge in [0, 0.05) is 17.6 Å². The average Bonchev–Trinajstić information content (AvgIpc) is 2.90. The van der Waals surface area contributed by atoms with Crippen molar-refractivity contribution in [2.45, 2.75) is 32.2 Å². The summed E-state index contributed by atoms with van der Waals surface area (Å²) < 4.78 is 32.2. The van der Waals surface area contributed by atoms with E-state index in [0.717, 1.165) is 9.88 Å². The van der Waals surface area contributed by atoms with E-state index in [1.54, 1.807) is 6.20 Å². The van der Waals surface area contributed by atoms with Gasteiger partial charge in [-0.15, -0.1) is 11.3 Å². The van der Waals surface area contributed by atoms with E-state index in [1.807, 2.05) is 6.92 Å². The first kappa shape index (κ1) is 15.7. The summed E-state index contributed by atoms with van der Waals surface area (Å²) in [6.07, 6.45) is 1.58. The van der Waals surface area contributed by atoms with Gasteiger partial charge in [-0.05, 0) is 20.8 Å². The number of aromatic nitrogens is 1. The summed E-state index contributed by atoms with van der Waals surface area (Å²) in [5.74, 6) is -1.22. The van der Waals surface area contributed by atoms with Crippen molar-refractivity contribution in [3.8, 4) is 0 Å². The summed E-state index contributed by atoms with van der Waals surface area (Å²) in [4.78, 5) is 15.7. The Morgan fingerprint density at radius 2 is 2.05 bits per heavy atom. The summed E-state index contributed by atoms with van der Waals surface area (Å²) in [7, 11) is -3.98. The van der Waals surface area contributed by atoms with E-state index < -0.39 is 16.0 Å². The number of carboxylic acid groups (broad SMARTS) is 1. The highest BCUT2D eigenvalue weighted by Crippen LogP contribution is 2.26. The third-order valence-electron chi connectivity index (χ3n) is 2.79. The van der Waals surface area contributed by atoms with Gasteiger partial charge in [0.15, 0.2) is 0 Å². The molecule has 0 saturated carbocycles. The Balaban J connectivity index is 2.34. The van der Waals surface area contributed by atoms with Gasteiger partial charge in [-0.3, -0.25) is 0 Å². The van der Waals surface area contributed by atoms with Crippen molar-refractivity contribution in [2.24, 2.45) is 0 Å². The number of sulfonamides is 1. The highest BCUT2D eigenvalue weighted by molar-refractivity contribution is 7.89. The van der Waals surface area contributed by atoms with Crippen LogP contribution < -0.4 is 4.72 Å². The Hall–Kier alpha value is -1.71. The second kappa shape index (κ2) is 5.58. The highest BCUT2D eigenvalue weighted by atomic mass is 32.2. The van der Waals surface area contributed by atoms with Gasteiger partial charge in [-0.25, -0.2) is 22.9 Å². The van der Waals surface area contributed by atoms with E-state index in [9.17, 15) is 13.2 Å². The molecule has 0 amide bonds. The van der Waals surface area contributed by atoms with Crippen molar-refractivity contribution in [3.63, 3.8) is 0 Å². The normalized spacial score (nSPS) is 11.8. The zero-order valence-corrected chi connectivity index (χ0v) is 13.3. The molecule has 2 aromatic heterocycles. The number of aromatic carboxylic acids is 1. The smallest absolute Gasteiger partial charge is 0.340 e. The van der Waals surface area contributed by atoms with E-state index in [4.69, 9.17) is 9.52 Å². The highest BCUT2D eigenvalue weighted by Gasteiger charge is 2.30. The Kier molecular flexibility index (Phi) is 4.17. The molecule has 0 saturated heterocycles. The minimum absolute atomic E-state index is 0.0521. The van der Waals surface area contributed by atoms with Gasteiger partial charge < -0.3 is 9.52 Å². The van der Waals surface area contributed by atoms with Crippen LogP contribution in [0.25, 0.3) is 0 Å². The van der Waals surface area contributed by atoms with Crippen molar-refractivity contribution >= 4 is 27.3 Å². The monoisotopic (exact) mass is 330 g/mol. The van der Waals surface area contributed by atoms with Crippen LogP contribution >= 0.6 is 11.3 Å². The third kappa shape index (κ3) is 3.14. The number of rotatable bonds is 5. The second-order valence-corrected chi connectivity index (χ2v) is 7.42. The van der Waals surface area contributed by atoms with Crippen LogP contribution in [0.5, 0.6) is 0 Å². The molecule has 114 valence electrons. The Morgan fingerprint density at radius 1 is 1.38 bits per heavy atom. The lowest BCUT2D eigenvalue weighted by molar-refractivity contribution is 0.0691. The van der Waals surface area contributed by atoms with Gasteiger partial charge in [0.2, 0.25) is 10.0 Å². The predicted octanol–water partition coefficient (Wildman–Crippen LogP) is 1.84. The number of nitrogens with one attached hydrogen (secondary N) is 1. The van der Waals surface area contributed by atoms with Gasteiger partial charge in [0.05, 0.1) is 5.01 Å². The fraction of sp³-hybridized carbons (Fsp3) is 0.333. The molecular formula is C12H14N2O5S2. The van der Waals surface area contributed by atoms with Gasteiger partial charge in [-0.1, -0.05) is 0 Å². The number of carbonyl (C=O) groups is 1. The number of nitrogens with zero attached hydrogens (tertiary/aromatic N) is 1. The van der Waals surface area contributed by atoms with Crippen LogP contribution in [-0.2, 0) is 16.6 Å². The SMILES string of the molecule is Cc1ncc(CNS(=O)(=O)c2c(C)oc(C)c2C(=O)O)s1. The molecule has 0 fully saturated rings. The first-order valence-electron chi connectivity index (χ1n) is 5.96. The van der Waals surface area contributed by atoms with Gasteiger partial charge in [-0.2, -0.15) is 0 Å². The first-order valence-corrected chi connectivity index (χ1v) is 8.26. The largest absolute Gasteiger partial charge is 0.478 e. The molecule has 0 unspecified atom stereocenters. The number of furan rings is 1. The third-order valence-corrected chi connectivity index (χ3v) is 5.26. The molecule has 9 heteroatoms. The molecule has 2 aromatic rings. The van der Waals surface area contributed by atoms with Crippen LogP contribution in [0.15, 0.2) is 15.5 Å². The van der Waals surface area contributed by atoms with Crippen LogP contribution in [0.4, 0.5) is 0 Å². The Labute approximate surface area is 125 Å². The van der Waals surface area contributed by atoms with Crippen molar-refractivity contribution in [2.75, 3.05) is 0 Å². The molecule has 2 heterocycles. The zero-order valence-electron chi connectivity index (χ0n) is 11.6. The van der Waals surface area contributed by atoms with E-state index in [0.29, 0.717) is 0 Å². The van der Waals surface area contributed by atoms with Crippen molar-refractivity contribution in [1.29, 1.82) is 0 Å². The number of thiazole rings is 1. The summed E-state index contributed by atoms with van der Waals surface area (Å²) in [6.45, 7) is 4.71.